The lowest BCUT2D eigenvalue weighted by atomic mass is 10.1. The molecule has 0 aromatic heterocycles. The van der Waals surface area contributed by atoms with Crippen LogP contribution < -0.4 is 10.6 Å². The third kappa shape index (κ3) is 4.83. The highest BCUT2D eigenvalue weighted by Gasteiger charge is 2.15. The first-order valence-electron chi connectivity index (χ1n) is 8.36. The van der Waals surface area contributed by atoms with Crippen molar-refractivity contribution in [3.8, 4) is 0 Å². The molecule has 5 heteroatoms. The Morgan fingerprint density at radius 2 is 1.30 bits per heavy atom. The fraction of sp³-hybridized carbons (Fsp3) is 0. The second-order valence-electron chi connectivity index (χ2n) is 5.75. The van der Waals surface area contributed by atoms with Crippen LogP contribution in [0.1, 0.15) is 5.56 Å². The van der Waals surface area contributed by atoms with E-state index in [0.29, 0.717) is 16.9 Å². The van der Waals surface area contributed by atoms with Crippen molar-refractivity contribution < 1.29 is 14.7 Å². The first-order valence-corrected chi connectivity index (χ1v) is 8.36. The molecule has 0 fully saturated rings. The van der Waals surface area contributed by atoms with E-state index in [1.165, 1.54) is 0 Å². The molecule has 3 rings (SSSR count). The number of rotatable bonds is 6. The fourth-order valence-corrected chi connectivity index (χ4v) is 2.44. The molecule has 0 bridgehead atoms. The highest BCUT2D eigenvalue weighted by Crippen LogP contribution is 2.25. The summed E-state index contributed by atoms with van der Waals surface area (Å²) in [5.41, 5.74) is 2.44. The maximum Gasteiger partial charge on any atom is 0.296 e. The fourth-order valence-electron chi connectivity index (χ4n) is 2.44. The molecule has 0 saturated carbocycles. The monoisotopic (exact) mass is 358 g/mol. The highest BCUT2D eigenvalue weighted by atomic mass is 16.3. The molecule has 0 aliphatic rings. The standard InChI is InChI=1S/C22H18N2O3/c25-20(16-9-3-1-4-10-16)15-21(26)22(27)24-19-14-8-7-13-18(19)23-17-11-5-2-6-12-17/h1-15,23,25H,(H,24,27)/b20-15-. The number of carbonyl (C=O) groups excluding carboxylic acids is 2. The van der Waals surface area contributed by atoms with E-state index in [-0.39, 0.29) is 5.76 Å². The van der Waals surface area contributed by atoms with Gasteiger partial charge in [0, 0.05) is 17.3 Å². The van der Waals surface area contributed by atoms with E-state index in [2.05, 4.69) is 10.6 Å². The normalized spacial score (nSPS) is 10.9. The van der Waals surface area contributed by atoms with Gasteiger partial charge in [0.2, 0.25) is 5.78 Å². The van der Waals surface area contributed by atoms with Crippen molar-refractivity contribution in [1.82, 2.24) is 0 Å². The van der Waals surface area contributed by atoms with Gasteiger partial charge in [-0.25, -0.2) is 0 Å². The second-order valence-corrected chi connectivity index (χ2v) is 5.75. The number of benzene rings is 3. The van der Waals surface area contributed by atoms with Gasteiger partial charge in [-0.1, -0.05) is 60.7 Å². The van der Waals surface area contributed by atoms with Crippen molar-refractivity contribution in [1.29, 1.82) is 0 Å². The molecular formula is C22H18N2O3. The number of amides is 1. The third-order valence-corrected chi connectivity index (χ3v) is 3.79. The molecule has 0 aliphatic heterocycles. The van der Waals surface area contributed by atoms with Crippen molar-refractivity contribution in [2.24, 2.45) is 0 Å². The minimum Gasteiger partial charge on any atom is -0.507 e. The lowest BCUT2D eigenvalue weighted by molar-refractivity contribution is -0.131. The van der Waals surface area contributed by atoms with E-state index in [4.69, 9.17) is 0 Å². The third-order valence-electron chi connectivity index (χ3n) is 3.79. The number of ketones is 1. The van der Waals surface area contributed by atoms with Gasteiger partial charge in [0.25, 0.3) is 5.91 Å². The summed E-state index contributed by atoms with van der Waals surface area (Å²) < 4.78 is 0. The number of nitrogens with one attached hydrogen (secondary N) is 2. The van der Waals surface area contributed by atoms with Gasteiger partial charge in [-0.2, -0.15) is 0 Å². The van der Waals surface area contributed by atoms with Gasteiger partial charge >= 0.3 is 0 Å². The maximum absolute atomic E-state index is 12.2. The summed E-state index contributed by atoms with van der Waals surface area (Å²) in [6.07, 6.45) is 0.915. The van der Waals surface area contributed by atoms with Crippen LogP contribution in [0, 0.1) is 0 Å². The van der Waals surface area contributed by atoms with Gasteiger partial charge in [-0.3, -0.25) is 9.59 Å². The van der Waals surface area contributed by atoms with Crippen LogP contribution in [0.3, 0.4) is 0 Å². The zero-order valence-electron chi connectivity index (χ0n) is 14.4. The zero-order valence-corrected chi connectivity index (χ0v) is 14.4. The van der Waals surface area contributed by atoms with E-state index in [9.17, 15) is 14.7 Å². The Hall–Kier alpha value is -3.86. The van der Waals surface area contributed by atoms with Crippen LogP contribution in [0.4, 0.5) is 17.1 Å². The second kappa shape index (κ2) is 8.49. The number of aliphatic hydroxyl groups excluding tert-OH is 1. The average Bonchev–Trinajstić information content (AvgIpc) is 2.71. The number of hydrogen-bond acceptors (Lipinski definition) is 4. The van der Waals surface area contributed by atoms with E-state index < -0.39 is 11.7 Å². The van der Waals surface area contributed by atoms with Crippen LogP contribution in [-0.2, 0) is 9.59 Å². The summed E-state index contributed by atoms with van der Waals surface area (Å²) in [5.74, 6) is -1.93. The van der Waals surface area contributed by atoms with Crippen LogP contribution in [0.2, 0.25) is 0 Å². The molecule has 3 aromatic carbocycles. The molecule has 0 unspecified atom stereocenters. The Bertz CT molecular complexity index is 967. The molecular weight excluding hydrogens is 340 g/mol. The van der Waals surface area contributed by atoms with Gasteiger partial charge in [0.1, 0.15) is 5.76 Å². The molecule has 0 saturated heterocycles. The maximum atomic E-state index is 12.2. The molecule has 134 valence electrons. The molecule has 27 heavy (non-hydrogen) atoms. The minimum absolute atomic E-state index is 0.258. The first kappa shape index (κ1) is 17.9. The lowest BCUT2D eigenvalue weighted by Gasteiger charge is -2.12. The molecule has 0 aliphatic carbocycles. The topological polar surface area (TPSA) is 78.4 Å². The summed E-state index contributed by atoms with van der Waals surface area (Å²) >= 11 is 0. The van der Waals surface area contributed by atoms with Gasteiger partial charge in [-0.05, 0) is 24.3 Å². The smallest absolute Gasteiger partial charge is 0.296 e. The van der Waals surface area contributed by atoms with E-state index >= 15 is 0 Å². The van der Waals surface area contributed by atoms with E-state index in [1.807, 2.05) is 36.4 Å². The summed E-state index contributed by atoms with van der Waals surface area (Å²) in [6, 6.07) is 25.1. The zero-order chi connectivity index (χ0) is 19.1. The minimum atomic E-state index is -0.842. The number of para-hydroxylation sites is 3. The molecule has 0 atom stereocenters. The molecule has 1 amide bonds. The molecule has 3 aromatic rings. The van der Waals surface area contributed by atoms with Crippen molar-refractivity contribution in [2.75, 3.05) is 10.6 Å². The number of aliphatic hydroxyl groups is 1. The van der Waals surface area contributed by atoms with Crippen molar-refractivity contribution in [3.63, 3.8) is 0 Å². The summed E-state index contributed by atoms with van der Waals surface area (Å²) in [6.45, 7) is 0. The van der Waals surface area contributed by atoms with Crippen molar-refractivity contribution in [2.45, 2.75) is 0 Å². The summed E-state index contributed by atoms with van der Waals surface area (Å²) in [7, 11) is 0. The Morgan fingerprint density at radius 1 is 0.741 bits per heavy atom. The van der Waals surface area contributed by atoms with Gasteiger partial charge in [0.05, 0.1) is 11.4 Å². The van der Waals surface area contributed by atoms with Crippen molar-refractivity contribution in [3.05, 3.63) is 96.6 Å². The van der Waals surface area contributed by atoms with Crippen LogP contribution in [0.15, 0.2) is 91.0 Å². The number of hydrogen-bond donors (Lipinski definition) is 3. The van der Waals surface area contributed by atoms with Gasteiger partial charge < -0.3 is 15.7 Å². The van der Waals surface area contributed by atoms with Crippen molar-refractivity contribution >= 4 is 34.5 Å². The number of carbonyl (C=O) groups is 2. The van der Waals surface area contributed by atoms with E-state index in [1.54, 1.807) is 48.5 Å². The molecule has 0 radical (unpaired) electrons. The van der Waals surface area contributed by atoms with E-state index in [0.717, 1.165) is 11.8 Å². The Morgan fingerprint density at radius 3 is 1.96 bits per heavy atom. The molecule has 0 heterocycles. The lowest BCUT2D eigenvalue weighted by Crippen LogP contribution is -2.21. The Balaban J connectivity index is 1.73. The Labute approximate surface area is 157 Å². The largest absolute Gasteiger partial charge is 0.507 e. The predicted molar refractivity (Wildman–Crippen MR) is 107 cm³/mol. The van der Waals surface area contributed by atoms with Gasteiger partial charge in [-0.15, -0.1) is 0 Å². The summed E-state index contributed by atoms with van der Waals surface area (Å²) in [5, 5.41) is 15.8. The molecule has 5 nitrogen and oxygen atoms in total. The Kier molecular flexibility index (Phi) is 5.64. The van der Waals surface area contributed by atoms with Gasteiger partial charge in [0.15, 0.2) is 0 Å². The summed E-state index contributed by atoms with van der Waals surface area (Å²) in [4.78, 5) is 24.4. The first-order chi connectivity index (χ1) is 13.1. The van der Waals surface area contributed by atoms with Crippen LogP contribution in [0.5, 0.6) is 0 Å². The SMILES string of the molecule is O=C(/C=C(\O)c1ccccc1)C(=O)Nc1ccccc1Nc1ccccc1. The average molecular weight is 358 g/mol. The molecule has 3 N–H and O–H groups in total. The predicted octanol–water partition coefficient (Wildman–Crippen LogP) is 4.54. The molecule has 0 spiro atoms. The quantitative estimate of drug-likeness (QED) is 0.343. The van der Waals surface area contributed by atoms with Crippen LogP contribution >= 0.6 is 0 Å². The van der Waals surface area contributed by atoms with Crippen LogP contribution in [0.25, 0.3) is 5.76 Å². The highest BCUT2D eigenvalue weighted by molar-refractivity contribution is 6.45. The van der Waals surface area contributed by atoms with Crippen LogP contribution in [-0.4, -0.2) is 16.8 Å². The number of anilines is 3.